The van der Waals surface area contributed by atoms with Crippen molar-refractivity contribution in [2.45, 2.75) is 32.5 Å². The maximum Gasteiger partial charge on any atom is 0.416 e. The highest BCUT2D eigenvalue weighted by atomic mass is 32.1. The number of halogens is 3. The fraction of sp³-hybridized carbons (Fsp3) is 0.400. The molecular weight excluding hydrogens is 297 g/mol. The maximum atomic E-state index is 12.7. The summed E-state index contributed by atoms with van der Waals surface area (Å²) in [6, 6.07) is 5.39. The standard InChI is InChI=1S/C15H17F3N2S/c1-3-7-19-10(2)13-9-21-14(20-13)11-5-4-6-12(8-11)15(16,17)18/h4-6,8-10,19H,3,7H2,1-2H3. The molecule has 0 amide bonds. The minimum Gasteiger partial charge on any atom is -0.309 e. The molecule has 6 heteroatoms. The van der Waals surface area contributed by atoms with Gasteiger partial charge in [0.25, 0.3) is 0 Å². The highest BCUT2D eigenvalue weighted by Gasteiger charge is 2.30. The third kappa shape index (κ3) is 4.04. The topological polar surface area (TPSA) is 24.9 Å². The van der Waals surface area contributed by atoms with Gasteiger partial charge in [-0.25, -0.2) is 4.98 Å². The zero-order valence-electron chi connectivity index (χ0n) is 11.9. The van der Waals surface area contributed by atoms with Crippen LogP contribution in [-0.4, -0.2) is 11.5 Å². The van der Waals surface area contributed by atoms with Crippen molar-refractivity contribution in [3.63, 3.8) is 0 Å². The number of hydrogen-bond donors (Lipinski definition) is 1. The Bertz CT molecular complexity index is 593. The Balaban J connectivity index is 2.22. The normalized spacial score (nSPS) is 13.4. The molecule has 0 bridgehead atoms. The van der Waals surface area contributed by atoms with Crippen LogP contribution in [-0.2, 0) is 6.18 Å². The van der Waals surface area contributed by atoms with Gasteiger partial charge in [-0.2, -0.15) is 13.2 Å². The molecule has 2 nitrogen and oxygen atoms in total. The molecule has 0 aliphatic carbocycles. The first-order valence-electron chi connectivity index (χ1n) is 6.78. The molecule has 2 aromatic rings. The van der Waals surface area contributed by atoms with Crippen LogP contribution in [0, 0.1) is 0 Å². The van der Waals surface area contributed by atoms with Gasteiger partial charge in [-0.05, 0) is 32.0 Å². The van der Waals surface area contributed by atoms with Gasteiger partial charge >= 0.3 is 6.18 Å². The second-order valence-electron chi connectivity index (χ2n) is 4.83. The molecule has 114 valence electrons. The van der Waals surface area contributed by atoms with E-state index in [-0.39, 0.29) is 6.04 Å². The van der Waals surface area contributed by atoms with Crippen LogP contribution in [0.2, 0.25) is 0 Å². The molecule has 0 saturated carbocycles. The molecule has 1 aromatic heterocycles. The number of rotatable bonds is 5. The largest absolute Gasteiger partial charge is 0.416 e. The van der Waals surface area contributed by atoms with Crippen molar-refractivity contribution in [2.24, 2.45) is 0 Å². The fourth-order valence-corrected chi connectivity index (χ4v) is 2.82. The lowest BCUT2D eigenvalue weighted by molar-refractivity contribution is -0.137. The smallest absolute Gasteiger partial charge is 0.309 e. The summed E-state index contributed by atoms with van der Waals surface area (Å²) in [5.41, 5.74) is 0.721. The van der Waals surface area contributed by atoms with Crippen LogP contribution in [0.3, 0.4) is 0 Å². The van der Waals surface area contributed by atoms with Gasteiger partial charge < -0.3 is 5.32 Å². The molecule has 21 heavy (non-hydrogen) atoms. The Morgan fingerprint density at radius 2 is 2.10 bits per heavy atom. The summed E-state index contributed by atoms with van der Waals surface area (Å²) in [6.07, 6.45) is -3.30. The Morgan fingerprint density at radius 3 is 2.76 bits per heavy atom. The van der Waals surface area contributed by atoms with E-state index in [1.807, 2.05) is 12.3 Å². The van der Waals surface area contributed by atoms with Crippen molar-refractivity contribution < 1.29 is 13.2 Å². The Kier molecular flexibility index (Phi) is 5.00. The van der Waals surface area contributed by atoms with Crippen LogP contribution in [0.25, 0.3) is 10.6 Å². The number of alkyl halides is 3. The quantitative estimate of drug-likeness (QED) is 0.850. The number of aromatic nitrogens is 1. The van der Waals surface area contributed by atoms with Gasteiger partial charge in [-0.3, -0.25) is 0 Å². The van der Waals surface area contributed by atoms with Gasteiger partial charge in [0.05, 0.1) is 11.3 Å². The second-order valence-corrected chi connectivity index (χ2v) is 5.69. The number of nitrogens with zero attached hydrogens (tertiary/aromatic N) is 1. The van der Waals surface area contributed by atoms with E-state index >= 15 is 0 Å². The summed E-state index contributed by atoms with van der Waals surface area (Å²) in [7, 11) is 0. The van der Waals surface area contributed by atoms with E-state index in [9.17, 15) is 13.2 Å². The molecule has 0 aliphatic heterocycles. The first-order chi connectivity index (χ1) is 9.91. The lowest BCUT2D eigenvalue weighted by atomic mass is 10.1. The number of nitrogens with one attached hydrogen (secondary N) is 1. The van der Waals surface area contributed by atoms with Crippen LogP contribution < -0.4 is 5.32 Å². The molecule has 1 N–H and O–H groups in total. The van der Waals surface area contributed by atoms with E-state index in [0.29, 0.717) is 10.6 Å². The number of thiazole rings is 1. The lowest BCUT2D eigenvalue weighted by Gasteiger charge is -2.10. The van der Waals surface area contributed by atoms with E-state index in [1.165, 1.54) is 17.4 Å². The molecule has 0 fully saturated rings. The molecule has 0 saturated heterocycles. The van der Waals surface area contributed by atoms with Crippen LogP contribution in [0.1, 0.15) is 37.6 Å². The highest BCUT2D eigenvalue weighted by molar-refractivity contribution is 7.13. The van der Waals surface area contributed by atoms with Gasteiger partial charge in [-0.1, -0.05) is 19.1 Å². The van der Waals surface area contributed by atoms with Crippen molar-refractivity contribution in [3.05, 3.63) is 40.9 Å². The van der Waals surface area contributed by atoms with E-state index in [4.69, 9.17) is 0 Å². The van der Waals surface area contributed by atoms with Crippen LogP contribution in [0.15, 0.2) is 29.6 Å². The molecule has 1 unspecified atom stereocenters. The molecule has 1 atom stereocenters. The summed E-state index contributed by atoms with van der Waals surface area (Å²) >= 11 is 1.37. The minimum absolute atomic E-state index is 0.0979. The van der Waals surface area contributed by atoms with Gasteiger partial charge in [0.15, 0.2) is 0 Å². The monoisotopic (exact) mass is 314 g/mol. The Hall–Kier alpha value is -1.40. The summed E-state index contributed by atoms with van der Waals surface area (Å²) in [5.74, 6) is 0. The average Bonchev–Trinajstić information content (AvgIpc) is 2.94. The van der Waals surface area contributed by atoms with Gasteiger partial charge in [-0.15, -0.1) is 11.3 Å². The van der Waals surface area contributed by atoms with E-state index < -0.39 is 11.7 Å². The molecule has 0 spiro atoms. The summed E-state index contributed by atoms with van der Waals surface area (Å²) in [4.78, 5) is 4.45. The van der Waals surface area contributed by atoms with Crippen molar-refractivity contribution in [3.8, 4) is 10.6 Å². The van der Waals surface area contributed by atoms with Crippen LogP contribution >= 0.6 is 11.3 Å². The third-order valence-corrected chi connectivity index (χ3v) is 4.01. The highest BCUT2D eigenvalue weighted by Crippen LogP contribution is 2.33. The van der Waals surface area contributed by atoms with Crippen LogP contribution in [0.5, 0.6) is 0 Å². The number of benzene rings is 1. The zero-order valence-corrected chi connectivity index (χ0v) is 12.7. The predicted octanol–water partition coefficient (Wildman–Crippen LogP) is 4.89. The average molecular weight is 314 g/mol. The minimum atomic E-state index is -4.33. The lowest BCUT2D eigenvalue weighted by Crippen LogP contribution is -2.19. The summed E-state index contributed by atoms with van der Waals surface area (Å²) in [6.45, 7) is 4.97. The van der Waals surface area contributed by atoms with Crippen molar-refractivity contribution >= 4 is 11.3 Å². The Labute approximate surface area is 126 Å². The predicted molar refractivity (Wildman–Crippen MR) is 79.3 cm³/mol. The fourth-order valence-electron chi connectivity index (χ4n) is 1.91. The van der Waals surface area contributed by atoms with Gasteiger partial charge in [0, 0.05) is 17.0 Å². The first kappa shape index (κ1) is 16.0. The molecule has 1 aromatic carbocycles. The third-order valence-electron chi connectivity index (χ3n) is 3.10. The second kappa shape index (κ2) is 6.58. The van der Waals surface area contributed by atoms with Crippen molar-refractivity contribution in [1.82, 2.24) is 10.3 Å². The number of hydrogen-bond acceptors (Lipinski definition) is 3. The van der Waals surface area contributed by atoms with E-state index in [0.717, 1.165) is 30.8 Å². The molecule has 0 aliphatic rings. The van der Waals surface area contributed by atoms with Crippen molar-refractivity contribution in [1.29, 1.82) is 0 Å². The molecule has 1 heterocycles. The summed E-state index contributed by atoms with van der Waals surface area (Å²) < 4.78 is 38.2. The molecular formula is C15H17F3N2S. The van der Waals surface area contributed by atoms with Crippen molar-refractivity contribution in [2.75, 3.05) is 6.54 Å². The molecule has 2 rings (SSSR count). The van der Waals surface area contributed by atoms with Gasteiger partial charge in [0.1, 0.15) is 5.01 Å². The zero-order chi connectivity index (χ0) is 15.5. The maximum absolute atomic E-state index is 12.7. The van der Waals surface area contributed by atoms with Crippen LogP contribution in [0.4, 0.5) is 13.2 Å². The first-order valence-corrected chi connectivity index (χ1v) is 7.66. The van der Waals surface area contributed by atoms with E-state index in [1.54, 1.807) is 6.07 Å². The Morgan fingerprint density at radius 1 is 1.33 bits per heavy atom. The SMILES string of the molecule is CCCNC(C)c1csc(-c2cccc(C(F)(F)F)c2)n1. The summed E-state index contributed by atoms with van der Waals surface area (Å²) in [5, 5.41) is 5.82. The van der Waals surface area contributed by atoms with E-state index in [2.05, 4.69) is 17.2 Å². The van der Waals surface area contributed by atoms with Gasteiger partial charge in [0.2, 0.25) is 0 Å². The molecule has 0 radical (unpaired) electrons.